The van der Waals surface area contributed by atoms with Gasteiger partial charge in [-0.05, 0) is 103 Å². The van der Waals surface area contributed by atoms with E-state index in [4.69, 9.17) is 0 Å². The molecule has 12 aromatic rings. The van der Waals surface area contributed by atoms with Gasteiger partial charge in [-0.2, -0.15) is 0 Å². The van der Waals surface area contributed by atoms with Gasteiger partial charge in [0.25, 0.3) is 0 Å². The zero-order valence-electron chi connectivity index (χ0n) is 34.5. The number of para-hydroxylation sites is 2. The van der Waals surface area contributed by atoms with Crippen LogP contribution < -0.4 is 20.7 Å². The number of fused-ring (bicyclic) bond motifs is 10. The maximum atomic E-state index is 2.48. The van der Waals surface area contributed by atoms with Crippen molar-refractivity contribution >= 4 is 72.4 Å². The normalized spacial score (nSPS) is 12.9. The quantitative estimate of drug-likeness (QED) is 0.148. The van der Waals surface area contributed by atoms with E-state index >= 15 is 0 Å². The summed E-state index contributed by atoms with van der Waals surface area (Å²) in [7, 11) is -2.59. The van der Waals surface area contributed by atoms with Gasteiger partial charge in [0.05, 0.1) is 22.1 Å². The van der Waals surface area contributed by atoms with Crippen molar-refractivity contribution in [2.45, 2.75) is 0 Å². The fraction of sp³-hybridized carbons (Fsp3) is 0. The van der Waals surface area contributed by atoms with Gasteiger partial charge in [0.1, 0.15) is 0 Å². The van der Waals surface area contributed by atoms with Gasteiger partial charge in [-0.15, -0.1) is 0 Å². The Bertz CT molecular complexity index is 3660. The van der Waals surface area contributed by atoms with Crippen molar-refractivity contribution in [3.63, 3.8) is 0 Å². The summed E-state index contributed by atoms with van der Waals surface area (Å²) in [5, 5.41) is 10.8. The van der Waals surface area contributed by atoms with Crippen LogP contribution in [0.1, 0.15) is 0 Å². The number of aromatic nitrogens is 2. The van der Waals surface area contributed by atoms with Gasteiger partial charge < -0.3 is 9.13 Å². The van der Waals surface area contributed by atoms with Crippen molar-refractivity contribution in [3.8, 4) is 44.8 Å². The summed E-state index contributed by atoms with van der Waals surface area (Å²) in [4.78, 5) is 0. The number of rotatable bonds is 6. The summed E-state index contributed by atoms with van der Waals surface area (Å²) in [6, 6.07) is 90.2. The van der Waals surface area contributed by atoms with Crippen molar-refractivity contribution in [1.82, 2.24) is 9.13 Å². The van der Waals surface area contributed by atoms with E-state index in [1.807, 2.05) is 0 Å². The molecule has 2 nitrogen and oxygen atoms in total. The second kappa shape index (κ2) is 14.0. The predicted molar refractivity (Wildman–Crippen MR) is 269 cm³/mol. The molecule has 0 aliphatic carbocycles. The average molecular weight is 817 g/mol. The minimum atomic E-state index is -2.59. The Morgan fingerprint density at radius 2 is 0.683 bits per heavy atom. The zero-order valence-corrected chi connectivity index (χ0v) is 35.5. The number of nitrogens with zero attached hydrogens (tertiary/aromatic N) is 2. The lowest BCUT2D eigenvalue weighted by atomic mass is 10.0. The predicted octanol–water partition coefficient (Wildman–Crippen LogP) is 12.6. The van der Waals surface area contributed by atoms with Crippen LogP contribution in [-0.4, -0.2) is 17.2 Å². The molecule has 0 unspecified atom stereocenters. The highest BCUT2D eigenvalue weighted by Crippen LogP contribution is 2.42. The van der Waals surface area contributed by atoms with Crippen LogP contribution in [0, 0.1) is 0 Å². The van der Waals surface area contributed by atoms with Crippen LogP contribution in [0.5, 0.6) is 0 Å². The van der Waals surface area contributed by atoms with Gasteiger partial charge in [-0.3, -0.25) is 0 Å². The lowest BCUT2D eigenvalue weighted by Gasteiger charge is -2.31. The summed E-state index contributed by atoms with van der Waals surface area (Å²) < 4.78 is 4.89. The summed E-state index contributed by atoms with van der Waals surface area (Å²) in [5.41, 5.74) is 14.7. The first kappa shape index (κ1) is 35.7. The van der Waals surface area contributed by atoms with Gasteiger partial charge in [0.15, 0.2) is 8.07 Å². The molecule has 10 aromatic carbocycles. The van der Waals surface area contributed by atoms with E-state index in [2.05, 4.69) is 252 Å². The standard InChI is InChI=1S/C60H40N2Si/c1-3-16-41(17-4-1)42-30-34-45(35-31-42)61-53-26-11-7-24-51(53)59-55(61)38-39-56-60(59)52-25-8-12-27-54(52)62(56)46-36-32-43(33-37-46)44-18-15-21-48(40-44)63(47-19-5-2-6-20-47)57-28-13-9-22-49(57)50-23-10-14-29-58(50)63/h1-40H. The van der Waals surface area contributed by atoms with Gasteiger partial charge in [0.2, 0.25) is 0 Å². The monoisotopic (exact) mass is 816 g/mol. The molecule has 3 heterocycles. The molecule has 0 N–H and O–H groups in total. The van der Waals surface area contributed by atoms with Crippen molar-refractivity contribution in [1.29, 1.82) is 0 Å². The Hall–Kier alpha value is -7.98. The highest BCUT2D eigenvalue weighted by Gasteiger charge is 2.48. The molecule has 0 spiro atoms. The zero-order chi connectivity index (χ0) is 41.5. The molecule has 0 radical (unpaired) electrons. The second-order valence-corrected chi connectivity index (χ2v) is 20.5. The van der Waals surface area contributed by atoms with E-state index in [1.165, 1.54) is 97.7 Å². The first-order valence-electron chi connectivity index (χ1n) is 21.8. The summed E-state index contributed by atoms with van der Waals surface area (Å²) in [6.45, 7) is 0. The van der Waals surface area contributed by atoms with E-state index in [-0.39, 0.29) is 0 Å². The van der Waals surface area contributed by atoms with E-state index in [9.17, 15) is 0 Å². The van der Waals surface area contributed by atoms with Crippen LogP contribution in [0.3, 0.4) is 0 Å². The molecule has 0 amide bonds. The Kier molecular flexibility index (Phi) is 7.96. The van der Waals surface area contributed by atoms with Crippen LogP contribution in [-0.2, 0) is 0 Å². The molecule has 0 bridgehead atoms. The largest absolute Gasteiger partial charge is 0.309 e. The van der Waals surface area contributed by atoms with Gasteiger partial charge in [-0.25, -0.2) is 0 Å². The average Bonchev–Trinajstić information content (AvgIpc) is 3.99. The molecule has 294 valence electrons. The number of hydrogen-bond acceptors (Lipinski definition) is 0. The molecule has 0 saturated heterocycles. The van der Waals surface area contributed by atoms with Crippen molar-refractivity contribution in [2.75, 3.05) is 0 Å². The van der Waals surface area contributed by atoms with Crippen LogP contribution in [0.25, 0.3) is 88.4 Å². The molecule has 3 heteroatoms. The van der Waals surface area contributed by atoms with Crippen LogP contribution in [0.2, 0.25) is 0 Å². The topological polar surface area (TPSA) is 9.86 Å². The maximum absolute atomic E-state index is 2.59. The minimum absolute atomic E-state index is 1.15. The van der Waals surface area contributed by atoms with Gasteiger partial charge >= 0.3 is 0 Å². The molecule has 2 aromatic heterocycles. The van der Waals surface area contributed by atoms with Crippen molar-refractivity contribution in [3.05, 3.63) is 243 Å². The molecule has 13 rings (SSSR count). The Morgan fingerprint density at radius 1 is 0.270 bits per heavy atom. The van der Waals surface area contributed by atoms with Gasteiger partial charge in [0, 0.05) is 32.9 Å². The molecule has 0 fully saturated rings. The van der Waals surface area contributed by atoms with Crippen LogP contribution in [0.4, 0.5) is 0 Å². The molecule has 0 saturated carbocycles. The van der Waals surface area contributed by atoms with E-state index in [1.54, 1.807) is 0 Å². The lowest BCUT2D eigenvalue weighted by molar-refractivity contribution is 1.17. The summed E-state index contributed by atoms with van der Waals surface area (Å²) in [5.74, 6) is 0. The second-order valence-electron chi connectivity index (χ2n) is 16.8. The van der Waals surface area contributed by atoms with E-state index in [0.717, 1.165) is 11.4 Å². The minimum Gasteiger partial charge on any atom is -0.309 e. The van der Waals surface area contributed by atoms with Crippen molar-refractivity contribution in [2.24, 2.45) is 0 Å². The maximum Gasteiger partial charge on any atom is 0.180 e. The Balaban J connectivity index is 0.949. The summed E-state index contributed by atoms with van der Waals surface area (Å²) in [6.07, 6.45) is 0. The molecular formula is C60H40N2Si. The highest BCUT2D eigenvalue weighted by molar-refractivity contribution is 7.22. The van der Waals surface area contributed by atoms with E-state index in [0.29, 0.717) is 0 Å². The van der Waals surface area contributed by atoms with E-state index < -0.39 is 8.07 Å². The highest BCUT2D eigenvalue weighted by atomic mass is 28.3. The molecule has 63 heavy (non-hydrogen) atoms. The van der Waals surface area contributed by atoms with Crippen LogP contribution >= 0.6 is 0 Å². The fourth-order valence-corrected chi connectivity index (χ4v) is 16.2. The number of hydrogen-bond donors (Lipinski definition) is 0. The van der Waals surface area contributed by atoms with Gasteiger partial charge in [-0.1, -0.05) is 194 Å². The Labute approximate surface area is 367 Å². The molecule has 1 aliphatic heterocycles. The third-order valence-corrected chi connectivity index (χ3v) is 18.5. The van der Waals surface area contributed by atoms with Crippen molar-refractivity contribution < 1.29 is 0 Å². The molecule has 1 aliphatic rings. The molecular weight excluding hydrogens is 777 g/mol. The smallest absolute Gasteiger partial charge is 0.180 e. The third kappa shape index (κ3) is 5.24. The Morgan fingerprint density at radius 3 is 1.24 bits per heavy atom. The third-order valence-electron chi connectivity index (χ3n) is 13.6. The lowest BCUT2D eigenvalue weighted by Crippen LogP contribution is -2.72. The van der Waals surface area contributed by atoms with Crippen LogP contribution in [0.15, 0.2) is 243 Å². The molecule has 0 atom stereocenters. The first-order chi connectivity index (χ1) is 31.3. The fourth-order valence-electron chi connectivity index (χ4n) is 11.0. The summed E-state index contributed by atoms with van der Waals surface area (Å²) >= 11 is 0. The first-order valence-corrected chi connectivity index (χ1v) is 23.8. The SMILES string of the molecule is c1ccc(-c2ccc(-n3c4ccccc4c4c5c6ccccc6n(-c6ccc(-c7cccc([Si]8(c9ccccc9)c9ccccc9-c9ccccc98)c7)cc6)c5ccc43)cc2)cc1. The number of benzene rings is 10.